The predicted molar refractivity (Wildman–Crippen MR) is 55.0 cm³/mol. The first-order valence-corrected chi connectivity index (χ1v) is 5.25. The predicted octanol–water partition coefficient (Wildman–Crippen LogP) is 2.42. The second-order valence-corrected chi connectivity index (χ2v) is 4.09. The molecule has 1 N–H and O–H groups in total. The molecule has 2 heterocycles. The third-order valence-corrected chi connectivity index (χ3v) is 3.29. The molecule has 0 unspecified atom stereocenters. The zero-order valence-electron chi connectivity index (χ0n) is 8.12. The summed E-state index contributed by atoms with van der Waals surface area (Å²) in [5.74, 6) is 0. The van der Waals surface area contributed by atoms with Gasteiger partial charge in [-0.3, -0.25) is 0 Å². The lowest BCUT2D eigenvalue weighted by Crippen LogP contribution is -2.34. The number of ether oxygens (including phenoxy) is 1. The van der Waals surface area contributed by atoms with Crippen molar-refractivity contribution in [3.8, 4) is 0 Å². The highest BCUT2D eigenvalue weighted by molar-refractivity contribution is 5.46. The summed E-state index contributed by atoms with van der Waals surface area (Å²) in [4.78, 5) is 0. The van der Waals surface area contributed by atoms with Crippen LogP contribution in [0.3, 0.4) is 0 Å². The van der Waals surface area contributed by atoms with Crippen molar-refractivity contribution < 1.29 is 4.74 Å². The van der Waals surface area contributed by atoms with Crippen LogP contribution in [0.1, 0.15) is 25.7 Å². The van der Waals surface area contributed by atoms with Gasteiger partial charge in [-0.05, 0) is 38.2 Å². The lowest BCUT2D eigenvalue weighted by Gasteiger charge is -2.34. The van der Waals surface area contributed by atoms with Crippen LogP contribution in [0.2, 0.25) is 0 Å². The van der Waals surface area contributed by atoms with Gasteiger partial charge in [-0.25, -0.2) is 0 Å². The van der Waals surface area contributed by atoms with E-state index in [1.165, 1.54) is 18.4 Å². The Morgan fingerprint density at radius 1 is 1.29 bits per heavy atom. The maximum atomic E-state index is 5.88. The average molecular weight is 188 g/mol. The van der Waals surface area contributed by atoms with E-state index in [0.29, 0.717) is 0 Å². The summed E-state index contributed by atoms with van der Waals surface area (Å²) in [5.41, 5.74) is 2.48. The summed E-state index contributed by atoms with van der Waals surface area (Å²) in [6, 6.07) is 0. The number of hydrogen-bond donors (Lipinski definition) is 1. The van der Waals surface area contributed by atoms with Gasteiger partial charge in [0.2, 0.25) is 0 Å². The quantitative estimate of drug-likeness (QED) is 0.630. The summed E-state index contributed by atoms with van der Waals surface area (Å²) in [7, 11) is 0. The SMILES string of the molecule is [CH]1CCC2(CC1)OC=C1NC=CC=C12. The monoisotopic (exact) mass is 188 g/mol. The molecule has 1 saturated carbocycles. The van der Waals surface area contributed by atoms with Crippen molar-refractivity contribution in [2.75, 3.05) is 0 Å². The van der Waals surface area contributed by atoms with Crippen LogP contribution in [-0.2, 0) is 4.74 Å². The third kappa shape index (κ3) is 1.03. The van der Waals surface area contributed by atoms with E-state index in [1.807, 2.05) is 12.5 Å². The zero-order valence-corrected chi connectivity index (χ0v) is 8.12. The number of rotatable bonds is 0. The Kier molecular flexibility index (Phi) is 1.69. The Morgan fingerprint density at radius 2 is 2.14 bits per heavy atom. The summed E-state index contributed by atoms with van der Waals surface area (Å²) in [6.07, 6.45) is 15.0. The van der Waals surface area contributed by atoms with E-state index in [9.17, 15) is 0 Å². The van der Waals surface area contributed by atoms with E-state index in [-0.39, 0.29) is 5.60 Å². The fourth-order valence-electron chi connectivity index (χ4n) is 2.51. The number of hydrogen-bond acceptors (Lipinski definition) is 2. The molecule has 1 radical (unpaired) electrons. The van der Waals surface area contributed by atoms with Gasteiger partial charge in [0.05, 0.1) is 5.70 Å². The molecule has 0 aromatic rings. The normalized spacial score (nSPS) is 27.4. The van der Waals surface area contributed by atoms with Gasteiger partial charge in [-0.1, -0.05) is 6.08 Å². The summed E-state index contributed by atoms with van der Waals surface area (Å²) < 4.78 is 5.88. The van der Waals surface area contributed by atoms with Gasteiger partial charge in [0, 0.05) is 11.8 Å². The largest absolute Gasteiger partial charge is 0.488 e. The first-order chi connectivity index (χ1) is 6.91. The van der Waals surface area contributed by atoms with Crippen molar-refractivity contribution in [1.82, 2.24) is 5.32 Å². The van der Waals surface area contributed by atoms with Crippen LogP contribution in [0.5, 0.6) is 0 Å². The van der Waals surface area contributed by atoms with Crippen LogP contribution in [0, 0.1) is 6.42 Å². The molecule has 0 aromatic carbocycles. The highest BCUT2D eigenvalue weighted by Crippen LogP contribution is 2.44. The molecule has 0 atom stereocenters. The van der Waals surface area contributed by atoms with Crippen LogP contribution >= 0.6 is 0 Å². The molecular formula is C12H14NO. The van der Waals surface area contributed by atoms with Gasteiger partial charge in [-0.2, -0.15) is 0 Å². The smallest absolute Gasteiger partial charge is 0.135 e. The van der Waals surface area contributed by atoms with Crippen molar-refractivity contribution in [2.45, 2.75) is 31.3 Å². The summed E-state index contributed by atoms with van der Waals surface area (Å²) >= 11 is 0. The highest BCUT2D eigenvalue weighted by Gasteiger charge is 2.42. The molecule has 0 aromatic heterocycles. The standard InChI is InChI=1S/C12H14NO/c1-2-6-12(7-3-1)10-5-4-8-13-11(10)9-14-12/h1,4-5,8-9,13H,2-3,6-7H2. The Bertz CT molecular complexity index is 332. The molecule has 3 rings (SSSR count). The van der Waals surface area contributed by atoms with E-state index in [2.05, 4.69) is 23.9 Å². The van der Waals surface area contributed by atoms with Crippen LogP contribution in [0.4, 0.5) is 0 Å². The van der Waals surface area contributed by atoms with Crippen LogP contribution < -0.4 is 5.32 Å². The lowest BCUT2D eigenvalue weighted by molar-refractivity contribution is 0.0480. The van der Waals surface area contributed by atoms with Gasteiger partial charge in [0.1, 0.15) is 11.9 Å². The first kappa shape index (κ1) is 8.16. The van der Waals surface area contributed by atoms with Gasteiger partial charge in [-0.15, -0.1) is 0 Å². The second kappa shape index (κ2) is 2.91. The number of nitrogens with one attached hydrogen (secondary N) is 1. The second-order valence-electron chi connectivity index (χ2n) is 4.09. The van der Waals surface area contributed by atoms with Gasteiger partial charge >= 0.3 is 0 Å². The molecular weight excluding hydrogens is 174 g/mol. The Labute approximate surface area is 84.3 Å². The number of dihydropyridines is 1. The molecule has 2 nitrogen and oxygen atoms in total. The average Bonchev–Trinajstić information content (AvgIpc) is 2.60. The van der Waals surface area contributed by atoms with E-state index in [4.69, 9.17) is 4.74 Å². The van der Waals surface area contributed by atoms with Crippen molar-refractivity contribution in [1.29, 1.82) is 0 Å². The van der Waals surface area contributed by atoms with Crippen molar-refractivity contribution >= 4 is 0 Å². The van der Waals surface area contributed by atoms with Gasteiger partial charge in [0.15, 0.2) is 0 Å². The summed E-state index contributed by atoms with van der Waals surface area (Å²) in [5, 5.41) is 3.23. The molecule has 0 bridgehead atoms. The molecule has 1 aliphatic carbocycles. The lowest BCUT2D eigenvalue weighted by atomic mass is 9.78. The molecule has 0 saturated heterocycles. The summed E-state index contributed by atoms with van der Waals surface area (Å²) in [6.45, 7) is 0. The fraction of sp³-hybridized carbons (Fsp3) is 0.417. The molecule has 3 aliphatic rings. The van der Waals surface area contributed by atoms with E-state index in [1.54, 1.807) is 0 Å². The van der Waals surface area contributed by atoms with Crippen LogP contribution in [0.25, 0.3) is 0 Å². The highest BCUT2D eigenvalue weighted by atomic mass is 16.5. The Hall–Kier alpha value is -1.18. The number of allylic oxidation sites excluding steroid dienone is 2. The minimum absolute atomic E-state index is 0.0121. The fourth-order valence-corrected chi connectivity index (χ4v) is 2.51. The minimum Gasteiger partial charge on any atom is -0.488 e. The molecule has 14 heavy (non-hydrogen) atoms. The third-order valence-electron chi connectivity index (χ3n) is 3.29. The molecule has 2 aliphatic heterocycles. The maximum Gasteiger partial charge on any atom is 0.135 e. The van der Waals surface area contributed by atoms with Gasteiger partial charge in [0.25, 0.3) is 0 Å². The molecule has 2 heteroatoms. The van der Waals surface area contributed by atoms with Crippen LogP contribution in [-0.4, -0.2) is 5.60 Å². The Balaban J connectivity index is 1.95. The van der Waals surface area contributed by atoms with E-state index < -0.39 is 0 Å². The molecule has 0 amide bonds. The molecule has 1 fully saturated rings. The first-order valence-electron chi connectivity index (χ1n) is 5.25. The van der Waals surface area contributed by atoms with Crippen LogP contribution in [0.15, 0.2) is 35.9 Å². The molecule has 1 spiro atoms. The maximum absolute atomic E-state index is 5.88. The zero-order chi connectivity index (χ0) is 9.43. The molecule has 73 valence electrons. The van der Waals surface area contributed by atoms with E-state index >= 15 is 0 Å². The Morgan fingerprint density at radius 3 is 3.00 bits per heavy atom. The van der Waals surface area contributed by atoms with Crippen molar-refractivity contribution in [2.24, 2.45) is 0 Å². The van der Waals surface area contributed by atoms with Crippen molar-refractivity contribution in [3.05, 3.63) is 42.3 Å². The number of fused-ring (bicyclic) bond motifs is 2. The van der Waals surface area contributed by atoms with Gasteiger partial charge < -0.3 is 10.1 Å². The topological polar surface area (TPSA) is 21.3 Å². The minimum atomic E-state index is -0.0121. The van der Waals surface area contributed by atoms with E-state index in [0.717, 1.165) is 18.5 Å². The van der Waals surface area contributed by atoms with Crippen molar-refractivity contribution in [3.63, 3.8) is 0 Å².